The molecule has 7 nitrogen and oxygen atoms in total. The highest BCUT2D eigenvalue weighted by Gasteiger charge is 2.25. The zero-order valence-electron chi connectivity index (χ0n) is 13.0. The van der Waals surface area contributed by atoms with Crippen molar-refractivity contribution in [2.24, 2.45) is 5.92 Å². The van der Waals surface area contributed by atoms with Crippen LogP contribution >= 0.6 is 0 Å². The van der Waals surface area contributed by atoms with Crippen LogP contribution in [0.15, 0.2) is 12.4 Å². The van der Waals surface area contributed by atoms with Crippen molar-refractivity contribution in [3.05, 3.63) is 29.6 Å². The molecule has 0 spiro atoms. The quantitative estimate of drug-likeness (QED) is 0.811. The van der Waals surface area contributed by atoms with E-state index in [2.05, 4.69) is 44.1 Å². The largest absolute Gasteiger partial charge is 0.350 e. The minimum absolute atomic E-state index is 0.149. The van der Waals surface area contributed by atoms with Gasteiger partial charge in [-0.1, -0.05) is 13.8 Å². The van der Waals surface area contributed by atoms with Crippen LogP contribution in [-0.2, 0) is 12.8 Å². The smallest absolute Gasteiger partial charge is 0.271 e. The molecular formula is C15H22N6O. The number of aromatic amines is 1. The number of aromatic nitrogens is 5. The van der Waals surface area contributed by atoms with Crippen LogP contribution < -0.4 is 5.32 Å². The number of carbonyl (C=O) groups is 1. The SMILES string of the molecule is CC(C)Cc1cc(C(=O)NCCc2nncn2C2CC2)n[nH]1. The third kappa shape index (κ3) is 3.52. The fraction of sp³-hybridized carbons (Fsp3) is 0.600. The lowest BCUT2D eigenvalue weighted by molar-refractivity contribution is 0.0949. The molecule has 0 aromatic carbocycles. The first-order valence-electron chi connectivity index (χ1n) is 7.84. The predicted octanol–water partition coefficient (Wildman–Crippen LogP) is 1.51. The average Bonchev–Trinajstić information content (AvgIpc) is 3.03. The molecule has 0 saturated heterocycles. The van der Waals surface area contributed by atoms with Gasteiger partial charge in [0.25, 0.3) is 5.91 Å². The Hall–Kier alpha value is -2.18. The third-order valence-electron chi connectivity index (χ3n) is 3.71. The Kier molecular flexibility index (Phi) is 4.22. The molecule has 0 aliphatic heterocycles. The molecule has 118 valence electrons. The summed E-state index contributed by atoms with van der Waals surface area (Å²) in [5.74, 6) is 1.32. The van der Waals surface area contributed by atoms with E-state index in [0.717, 1.165) is 17.9 Å². The van der Waals surface area contributed by atoms with E-state index >= 15 is 0 Å². The Morgan fingerprint density at radius 1 is 1.50 bits per heavy atom. The molecule has 22 heavy (non-hydrogen) atoms. The van der Waals surface area contributed by atoms with Gasteiger partial charge in [-0.3, -0.25) is 9.89 Å². The van der Waals surface area contributed by atoms with Crippen molar-refractivity contribution < 1.29 is 4.79 Å². The second-order valence-corrected chi connectivity index (χ2v) is 6.27. The topological polar surface area (TPSA) is 88.5 Å². The van der Waals surface area contributed by atoms with E-state index in [0.29, 0.717) is 30.6 Å². The Labute approximate surface area is 129 Å². The van der Waals surface area contributed by atoms with Gasteiger partial charge in [0.2, 0.25) is 0 Å². The van der Waals surface area contributed by atoms with E-state index < -0.39 is 0 Å². The Morgan fingerprint density at radius 3 is 3.05 bits per heavy atom. The summed E-state index contributed by atoms with van der Waals surface area (Å²) in [5.41, 5.74) is 1.44. The number of hydrogen-bond acceptors (Lipinski definition) is 4. The van der Waals surface area contributed by atoms with E-state index in [9.17, 15) is 4.79 Å². The summed E-state index contributed by atoms with van der Waals surface area (Å²) < 4.78 is 2.11. The van der Waals surface area contributed by atoms with Crippen LogP contribution in [0.4, 0.5) is 0 Å². The van der Waals surface area contributed by atoms with E-state index in [1.165, 1.54) is 12.8 Å². The minimum atomic E-state index is -0.149. The Balaban J connectivity index is 1.49. The van der Waals surface area contributed by atoms with Crippen molar-refractivity contribution in [2.45, 2.75) is 45.6 Å². The minimum Gasteiger partial charge on any atom is -0.350 e. The number of rotatable bonds is 7. The molecule has 3 rings (SSSR count). The fourth-order valence-electron chi connectivity index (χ4n) is 2.50. The number of H-pyrrole nitrogens is 1. The van der Waals surface area contributed by atoms with Crippen molar-refractivity contribution in [2.75, 3.05) is 6.54 Å². The van der Waals surface area contributed by atoms with Gasteiger partial charge in [-0.15, -0.1) is 10.2 Å². The average molecular weight is 302 g/mol. The normalized spacial score (nSPS) is 14.5. The summed E-state index contributed by atoms with van der Waals surface area (Å²) in [5, 5.41) is 18.0. The van der Waals surface area contributed by atoms with E-state index in [-0.39, 0.29) is 5.91 Å². The maximum absolute atomic E-state index is 12.1. The lowest BCUT2D eigenvalue weighted by Crippen LogP contribution is -2.26. The molecule has 0 bridgehead atoms. The highest BCUT2D eigenvalue weighted by Crippen LogP contribution is 2.35. The van der Waals surface area contributed by atoms with Crippen LogP contribution in [0.5, 0.6) is 0 Å². The number of hydrogen-bond donors (Lipinski definition) is 2. The molecule has 1 saturated carbocycles. The molecule has 2 aromatic rings. The number of amides is 1. The molecule has 2 N–H and O–H groups in total. The summed E-state index contributed by atoms with van der Waals surface area (Å²) >= 11 is 0. The lowest BCUT2D eigenvalue weighted by atomic mass is 10.1. The van der Waals surface area contributed by atoms with Gasteiger partial charge in [-0.25, -0.2) is 0 Å². The maximum atomic E-state index is 12.1. The first-order valence-corrected chi connectivity index (χ1v) is 7.84. The molecule has 2 aromatic heterocycles. The van der Waals surface area contributed by atoms with Crippen molar-refractivity contribution >= 4 is 5.91 Å². The first-order chi connectivity index (χ1) is 10.6. The summed E-state index contributed by atoms with van der Waals surface area (Å²) in [6.07, 6.45) is 5.75. The molecule has 0 atom stereocenters. The number of nitrogens with zero attached hydrogens (tertiary/aromatic N) is 4. The van der Waals surface area contributed by atoms with Crippen molar-refractivity contribution in [1.29, 1.82) is 0 Å². The number of carbonyl (C=O) groups excluding carboxylic acids is 1. The van der Waals surface area contributed by atoms with Crippen LogP contribution in [0.3, 0.4) is 0 Å². The Morgan fingerprint density at radius 2 is 2.32 bits per heavy atom. The standard InChI is InChI=1S/C15H22N6O/c1-10(2)7-11-8-13(19-18-11)15(22)16-6-5-14-20-17-9-21(14)12-3-4-12/h8-10,12H,3-7H2,1-2H3,(H,16,22)(H,18,19). The van der Waals surface area contributed by atoms with E-state index in [4.69, 9.17) is 0 Å². The molecule has 1 aliphatic carbocycles. The summed E-state index contributed by atoms with van der Waals surface area (Å²) in [7, 11) is 0. The zero-order valence-corrected chi connectivity index (χ0v) is 13.0. The monoisotopic (exact) mass is 302 g/mol. The number of nitrogens with one attached hydrogen (secondary N) is 2. The van der Waals surface area contributed by atoms with Gasteiger partial charge in [-0.05, 0) is 31.2 Å². The van der Waals surface area contributed by atoms with Crippen molar-refractivity contribution in [3.63, 3.8) is 0 Å². The predicted molar refractivity (Wildman–Crippen MR) is 81.5 cm³/mol. The summed E-state index contributed by atoms with van der Waals surface area (Å²) in [6, 6.07) is 2.38. The lowest BCUT2D eigenvalue weighted by Gasteiger charge is -2.05. The molecule has 7 heteroatoms. The molecule has 2 heterocycles. The van der Waals surface area contributed by atoms with Crippen LogP contribution in [0, 0.1) is 5.92 Å². The van der Waals surface area contributed by atoms with Gasteiger partial charge >= 0.3 is 0 Å². The zero-order chi connectivity index (χ0) is 15.5. The fourth-order valence-corrected chi connectivity index (χ4v) is 2.50. The second-order valence-electron chi connectivity index (χ2n) is 6.27. The first kappa shape index (κ1) is 14.7. The van der Waals surface area contributed by atoms with Crippen LogP contribution in [0.2, 0.25) is 0 Å². The van der Waals surface area contributed by atoms with Crippen LogP contribution in [0.1, 0.15) is 54.7 Å². The summed E-state index contributed by atoms with van der Waals surface area (Å²) in [4.78, 5) is 12.1. The molecule has 0 radical (unpaired) electrons. The van der Waals surface area contributed by atoms with Gasteiger partial charge < -0.3 is 9.88 Å². The second kappa shape index (κ2) is 6.29. The molecular weight excluding hydrogens is 280 g/mol. The van der Waals surface area contributed by atoms with E-state index in [1.54, 1.807) is 6.33 Å². The maximum Gasteiger partial charge on any atom is 0.271 e. The van der Waals surface area contributed by atoms with Crippen LogP contribution in [0.25, 0.3) is 0 Å². The van der Waals surface area contributed by atoms with Gasteiger partial charge in [0.1, 0.15) is 17.8 Å². The molecule has 1 fully saturated rings. The van der Waals surface area contributed by atoms with Gasteiger partial charge in [0, 0.05) is 24.7 Å². The molecule has 1 amide bonds. The van der Waals surface area contributed by atoms with Gasteiger partial charge in [0.15, 0.2) is 0 Å². The van der Waals surface area contributed by atoms with Crippen LogP contribution in [-0.4, -0.2) is 37.4 Å². The molecule has 1 aliphatic rings. The summed E-state index contributed by atoms with van der Waals surface area (Å²) in [6.45, 7) is 4.81. The Bertz CT molecular complexity index is 640. The van der Waals surface area contributed by atoms with Gasteiger partial charge in [-0.2, -0.15) is 5.10 Å². The van der Waals surface area contributed by atoms with Gasteiger partial charge in [0.05, 0.1) is 0 Å². The third-order valence-corrected chi connectivity index (χ3v) is 3.71. The van der Waals surface area contributed by atoms with Crippen molar-refractivity contribution in [3.8, 4) is 0 Å². The highest BCUT2D eigenvalue weighted by atomic mass is 16.1. The molecule has 0 unspecified atom stereocenters. The van der Waals surface area contributed by atoms with E-state index in [1.807, 2.05) is 6.07 Å². The highest BCUT2D eigenvalue weighted by molar-refractivity contribution is 5.92. The van der Waals surface area contributed by atoms with Crippen molar-refractivity contribution in [1.82, 2.24) is 30.3 Å².